The second-order valence-electron chi connectivity index (χ2n) is 7.01. The summed E-state index contributed by atoms with van der Waals surface area (Å²) >= 11 is 3.47. The molecule has 2 heterocycles. The van der Waals surface area contributed by atoms with Gasteiger partial charge in [-0.1, -0.05) is 34.6 Å². The molecule has 1 fully saturated rings. The molecule has 29 heavy (non-hydrogen) atoms. The number of halogens is 1. The van der Waals surface area contributed by atoms with Crippen LogP contribution in [-0.2, 0) is 11.3 Å². The van der Waals surface area contributed by atoms with E-state index in [4.69, 9.17) is 14.5 Å². The van der Waals surface area contributed by atoms with Crippen molar-refractivity contribution < 1.29 is 14.3 Å². The molecule has 0 saturated carbocycles. The summed E-state index contributed by atoms with van der Waals surface area (Å²) in [7, 11) is 3.21. The third-order valence-electron chi connectivity index (χ3n) is 5.18. The van der Waals surface area contributed by atoms with Crippen molar-refractivity contribution in [3.8, 4) is 11.5 Å². The van der Waals surface area contributed by atoms with Gasteiger partial charge in [0.15, 0.2) is 0 Å². The molecule has 1 aliphatic rings. The number of para-hydroxylation sites is 2. The van der Waals surface area contributed by atoms with Crippen molar-refractivity contribution in [1.82, 2.24) is 9.55 Å². The van der Waals surface area contributed by atoms with E-state index in [1.807, 2.05) is 42.5 Å². The number of methoxy groups -OCH3 is 2. The van der Waals surface area contributed by atoms with Crippen LogP contribution in [0.5, 0.6) is 11.5 Å². The van der Waals surface area contributed by atoms with Crippen LogP contribution in [0.4, 0.5) is 5.69 Å². The molecule has 0 aliphatic carbocycles. The van der Waals surface area contributed by atoms with Crippen LogP contribution in [0, 0.1) is 0 Å². The van der Waals surface area contributed by atoms with E-state index in [1.165, 1.54) is 0 Å². The lowest BCUT2D eigenvalue weighted by atomic mass is 10.1. The molecule has 0 bridgehead atoms. The highest BCUT2D eigenvalue weighted by Crippen LogP contribution is 2.39. The predicted octanol–water partition coefficient (Wildman–Crippen LogP) is 4.48. The Bertz CT molecular complexity index is 1090. The standard InChI is InChI=1S/C22H22BrN3O3/c1-14(23)12-26-18-7-5-4-6-17(18)24-22(26)15-10-21(27)25(13-15)19-11-16(28-2)8-9-20(19)29-3/h4-9,11,15H,1,10,12-13H2,2-3H3. The number of imidazole rings is 1. The van der Waals surface area contributed by atoms with Crippen molar-refractivity contribution in [2.45, 2.75) is 18.9 Å². The molecule has 7 heteroatoms. The molecule has 6 nitrogen and oxygen atoms in total. The van der Waals surface area contributed by atoms with E-state index in [-0.39, 0.29) is 11.8 Å². The van der Waals surface area contributed by atoms with E-state index in [1.54, 1.807) is 19.1 Å². The first-order chi connectivity index (χ1) is 14.0. The van der Waals surface area contributed by atoms with Crippen molar-refractivity contribution in [2.75, 3.05) is 25.7 Å². The van der Waals surface area contributed by atoms with Gasteiger partial charge in [-0.2, -0.15) is 0 Å². The maximum absolute atomic E-state index is 12.9. The van der Waals surface area contributed by atoms with Crippen molar-refractivity contribution in [3.05, 3.63) is 59.4 Å². The summed E-state index contributed by atoms with van der Waals surface area (Å²) in [6.07, 6.45) is 0.387. The highest BCUT2D eigenvalue weighted by atomic mass is 79.9. The molecule has 150 valence electrons. The topological polar surface area (TPSA) is 56.6 Å². The molecule has 0 N–H and O–H groups in total. The van der Waals surface area contributed by atoms with E-state index in [2.05, 4.69) is 27.1 Å². The number of aromatic nitrogens is 2. The summed E-state index contributed by atoms with van der Waals surface area (Å²) < 4.78 is 13.8. The van der Waals surface area contributed by atoms with Crippen LogP contribution in [0.3, 0.4) is 0 Å². The molecule has 1 aromatic heterocycles. The number of hydrogen-bond acceptors (Lipinski definition) is 4. The average molecular weight is 456 g/mol. The monoisotopic (exact) mass is 455 g/mol. The highest BCUT2D eigenvalue weighted by molar-refractivity contribution is 9.11. The molecule has 1 amide bonds. The van der Waals surface area contributed by atoms with Gasteiger partial charge in [-0.3, -0.25) is 4.79 Å². The van der Waals surface area contributed by atoms with Gasteiger partial charge >= 0.3 is 0 Å². The maximum atomic E-state index is 12.9. The first-order valence-corrected chi connectivity index (χ1v) is 10.1. The molecule has 0 radical (unpaired) electrons. The summed E-state index contributed by atoms with van der Waals surface area (Å²) in [5.41, 5.74) is 2.67. The lowest BCUT2D eigenvalue weighted by molar-refractivity contribution is -0.117. The number of rotatable bonds is 6. The third kappa shape index (κ3) is 3.62. The quantitative estimate of drug-likeness (QED) is 0.549. The van der Waals surface area contributed by atoms with Gasteiger partial charge in [-0.15, -0.1) is 0 Å². The minimum atomic E-state index is -0.0299. The van der Waals surface area contributed by atoms with Crippen molar-refractivity contribution in [3.63, 3.8) is 0 Å². The third-order valence-corrected chi connectivity index (χ3v) is 5.43. The van der Waals surface area contributed by atoms with Crippen molar-refractivity contribution >= 4 is 38.6 Å². The SMILES string of the molecule is C=C(Br)Cn1c(C2CC(=O)N(c3cc(OC)ccc3OC)C2)nc2ccccc21. The molecule has 1 aliphatic heterocycles. The fraction of sp³-hybridized carbons (Fsp3) is 0.273. The number of amides is 1. The fourth-order valence-electron chi connectivity index (χ4n) is 3.86. The molecule has 1 atom stereocenters. The summed E-state index contributed by atoms with van der Waals surface area (Å²) in [5, 5.41) is 0. The van der Waals surface area contributed by atoms with Crippen LogP contribution in [-0.4, -0.2) is 36.2 Å². The first-order valence-electron chi connectivity index (χ1n) is 9.32. The Morgan fingerprint density at radius 3 is 2.76 bits per heavy atom. The lowest BCUT2D eigenvalue weighted by Crippen LogP contribution is -2.25. The highest BCUT2D eigenvalue weighted by Gasteiger charge is 2.36. The lowest BCUT2D eigenvalue weighted by Gasteiger charge is -2.20. The van der Waals surface area contributed by atoms with E-state index < -0.39 is 0 Å². The van der Waals surface area contributed by atoms with Gasteiger partial charge in [0.25, 0.3) is 0 Å². The van der Waals surface area contributed by atoms with Crippen LogP contribution >= 0.6 is 15.9 Å². The molecule has 0 spiro atoms. The normalized spacial score (nSPS) is 16.4. The minimum absolute atomic E-state index is 0.0299. The van der Waals surface area contributed by atoms with Crippen LogP contribution in [0.15, 0.2) is 53.5 Å². The van der Waals surface area contributed by atoms with E-state index in [0.29, 0.717) is 36.7 Å². The number of hydrogen-bond donors (Lipinski definition) is 0. The van der Waals surface area contributed by atoms with E-state index >= 15 is 0 Å². The molecule has 1 unspecified atom stereocenters. The molecule has 1 saturated heterocycles. The summed E-state index contributed by atoms with van der Waals surface area (Å²) in [6.45, 7) is 5.11. The Morgan fingerprint density at radius 2 is 2.03 bits per heavy atom. The second-order valence-corrected chi connectivity index (χ2v) is 8.13. The summed E-state index contributed by atoms with van der Waals surface area (Å²) in [5.74, 6) is 2.22. The number of anilines is 1. The van der Waals surface area contributed by atoms with Gasteiger partial charge in [-0.05, 0) is 24.3 Å². The zero-order valence-corrected chi connectivity index (χ0v) is 18.0. The van der Waals surface area contributed by atoms with Gasteiger partial charge in [0.1, 0.15) is 17.3 Å². The summed E-state index contributed by atoms with van der Waals surface area (Å²) in [6, 6.07) is 13.5. The van der Waals surface area contributed by atoms with E-state index in [0.717, 1.165) is 21.3 Å². The van der Waals surface area contributed by atoms with Crippen LogP contribution in [0.1, 0.15) is 18.2 Å². The number of nitrogens with zero attached hydrogens (tertiary/aromatic N) is 3. The van der Waals surface area contributed by atoms with Crippen LogP contribution in [0.2, 0.25) is 0 Å². The Labute approximate surface area is 177 Å². The summed E-state index contributed by atoms with van der Waals surface area (Å²) in [4.78, 5) is 19.6. The first kappa shape index (κ1) is 19.5. The van der Waals surface area contributed by atoms with Crippen LogP contribution in [0.25, 0.3) is 11.0 Å². The number of benzene rings is 2. The molecule has 3 aromatic rings. The number of allylic oxidation sites excluding steroid dienone is 1. The average Bonchev–Trinajstić information content (AvgIpc) is 3.28. The molecule has 2 aromatic carbocycles. The number of carbonyl (C=O) groups excluding carboxylic acids is 1. The zero-order valence-electron chi connectivity index (χ0n) is 16.4. The minimum Gasteiger partial charge on any atom is -0.497 e. The second kappa shape index (κ2) is 7.91. The number of carbonyl (C=O) groups is 1. The number of ether oxygens (including phenoxy) is 2. The molecule has 4 rings (SSSR count). The Hall–Kier alpha value is -2.80. The van der Waals surface area contributed by atoms with Crippen molar-refractivity contribution in [2.24, 2.45) is 0 Å². The smallest absolute Gasteiger partial charge is 0.227 e. The molecular weight excluding hydrogens is 434 g/mol. The Balaban J connectivity index is 1.73. The Kier molecular flexibility index (Phi) is 5.32. The molecular formula is C22H22BrN3O3. The van der Waals surface area contributed by atoms with Crippen molar-refractivity contribution in [1.29, 1.82) is 0 Å². The zero-order chi connectivity index (χ0) is 20.5. The fourth-order valence-corrected chi connectivity index (χ4v) is 4.12. The number of fused-ring (bicyclic) bond motifs is 1. The van der Waals surface area contributed by atoms with Gasteiger partial charge < -0.3 is 18.9 Å². The largest absolute Gasteiger partial charge is 0.497 e. The van der Waals surface area contributed by atoms with Gasteiger partial charge in [0.2, 0.25) is 5.91 Å². The Morgan fingerprint density at radius 1 is 1.24 bits per heavy atom. The van der Waals surface area contributed by atoms with Gasteiger partial charge in [-0.25, -0.2) is 4.98 Å². The predicted molar refractivity (Wildman–Crippen MR) is 117 cm³/mol. The van der Waals surface area contributed by atoms with E-state index in [9.17, 15) is 4.79 Å². The van der Waals surface area contributed by atoms with Gasteiger partial charge in [0, 0.05) is 29.4 Å². The van der Waals surface area contributed by atoms with Gasteiger partial charge in [0.05, 0.1) is 37.5 Å². The maximum Gasteiger partial charge on any atom is 0.227 e. The van der Waals surface area contributed by atoms with Crippen LogP contribution < -0.4 is 14.4 Å².